The molecule has 6 heteroatoms. The Morgan fingerprint density at radius 2 is 1.50 bits per heavy atom. The van der Waals surface area contributed by atoms with Gasteiger partial charge in [-0.15, -0.1) is 0 Å². The van der Waals surface area contributed by atoms with Crippen LogP contribution in [0.4, 0.5) is 0 Å². The Hall–Kier alpha value is -1.73. The topological polar surface area (TPSA) is 69.6 Å². The van der Waals surface area contributed by atoms with Gasteiger partial charge in [-0.05, 0) is 36.8 Å². The van der Waals surface area contributed by atoms with E-state index in [-0.39, 0.29) is 6.04 Å². The Morgan fingerprint density at radius 3 is 2.04 bits per heavy atom. The highest BCUT2D eigenvalue weighted by atomic mass is 32.2. The predicted octanol–water partition coefficient (Wildman–Crippen LogP) is 2.38. The maximum atomic E-state index is 12.2. The van der Waals surface area contributed by atoms with Crippen molar-refractivity contribution < 1.29 is 13.5 Å². The van der Waals surface area contributed by atoms with E-state index in [1.54, 1.807) is 0 Å². The van der Waals surface area contributed by atoms with Crippen LogP contribution >= 0.6 is 0 Å². The van der Waals surface area contributed by atoms with Gasteiger partial charge in [0.15, 0.2) is 0 Å². The van der Waals surface area contributed by atoms with Gasteiger partial charge in [0.05, 0.1) is 6.10 Å². The van der Waals surface area contributed by atoms with Crippen molar-refractivity contribution in [3.05, 3.63) is 71.8 Å². The third-order valence-corrected chi connectivity index (χ3v) is 5.88. The van der Waals surface area contributed by atoms with E-state index in [1.807, 2.05) is 60.7 Å². The first-order chi connectivity index (χ1) is 12.4. The molecule has 26 heavy (non-hydrogen) atoms. The molecular weight excluding hydrogens is 348 g/mol. The zero-order valence-corrected chi connectivity index (χ0v) is 16.2. The second kappa shape index (κ2) is 9.83. The largest absolute Gasteiger partial charge is 0.393 e. The highest BCUT2D eigenvalue weighted by molar-refractivity contribution is 7.87. The maximum Gasteiger partial charge on any atom is 0.279 e. The number of aryl methyl sites for hydroxylation is 1. The maximum absolute atomic E-state index is 12.2. The highest BCUT2D eigenvalue weighted by Gasteiger charge is 2.22. The van der Waals surface area contributed by atoms with Gasteiger partial charge in [-0.2, -0.15) is 17.4 Å². The van der Waals surface area contributed by atoms with Crippen molar-refractivity contribution in [2.24, 2.45) is 0 Å². The molecule has 2 unspecified atom stereocenters. The average molecular weight is 377 g/mol. The van der Waals surface area contributed by atoms with Crippen LogP contribution < -0.4 is 4.72 Å². The van der Waals surface area contributed by atoms with Gasteiger partial charge in [0, 0.05) is 20.1 Å². The number of rotatable bonds is 10. The molecule has 0 fully saturated rings. The van der Waals surface area contributed by atoms with Crippen LogP contribution in [0.1, 0.15) is 24.0 Å². The van der Waals surface area contributed by atoms with E-state index in [9.17, 15) is 13.5 Å². The molecule has 0 saturated carbocycles. The number of aliphatic hydroxyl groups excluding tert-OH is 1. The summed E-state index contributed by atoms with van der Waals surface area (Å²) in [5.74, 6) is 0. The van der Waals surface area contributed by atoms with Crippen molar-refractivity contribution in [1.29, 1.82) is 0 Å². The molecule has 2 aromatic carbocycles. The molecule has 142 valence electrons. The SMILES string of the molecule is CN(C)S(=O)(=O)NC(Cc1ccccc1)CC(O)CCc1ccccc1. The molecule has 5 nitrogen and oxygen atoms in total. The number of hydrogen-bond donors (Lipinski definition) is 2. The molecule has 0 aliphatic carbocycles. The van der Waals surface area contributed by atoms with E-state index >= 15 is 0 Å². The van der Waals surface area contributed by atoms with Gasteiger partial charge in [-0.1, -0.05) is 60.7 Å². The molecule has 2 atom stereocenters. The third kappa shape index (κ3) is 6.88. The van der Waals surface area contributed by atoms with E-state index in [2.05, 4.69) is 4.72 Å². The lowest BCUT2D eigenvalue weighted by Crippen LogP contribution is -2.44. The molecule has 0 aliphatic heterocycles. The summed E-state index contributed by atoms with van der Waals surface area (Å²) < 4.78 is 28.3. The molecule has 0 amide bonds. The number of nitrogens with zero attached hydrogens (tertiary/aromatic N) is 1. The fourth-order valence-corrected chi connectivity index (χ4v) is 3.62. The Bertz CT molecular complexity index is 749. The smallest absolute Gasteiger partial charge is 0.279 e. The molecule has 2 aromatic rings. The zero-order chi connectivity index (χ0) is 19.0. The van der Waals surface area contributed by atoms with Crippen molar-refractivity contribution in [2.45, 2.75) is 37.8 Å². The quantitative estimate of drug-likeness (QED) is 0.669. The molecule has 0 bridgehead atoms. The Labute approximate surface area is 156 Å². The minimum atomic E-state index is -3.56. The first-order valence-corrected chi connectivity index (χ1v) is 10.3. The minimum absolute atomic E-state index is 0.365. The molecule has 0 saturated heterocycles. The first-order valence-electron chi connectivity index (χ1n) is 8.82. The van der Waals surface area contributed by atoms with Crippen LogP contribution in [0, 0.1) is 0 Å². The van der Waals surface area contributed by atoms with Crippen LogP contribution in [0.25, 0.3) is 0 Å². The van der Waals surface area contributed by atoms with E-state index in [0.29, 0.717) is 19.3 Å². The lowest BCUT2D eigenvalue weighted by molar-refractivity contribution is 0.143. The predicted molar refractivity (Wildman–Crippen MR) is 105 cm³/mol. The third-order valence-electron chi connectivity index (χ3n) is 4.29. The summed E-state index contributed by atoms with van der Waals surface area (Å²) in [6.45, 7) is 0. The summed E-state index contributed by atoms with van der Waals surface area (Å²) in [5.41, 5.74) is 2.20. The monoisotopic (exact) mass is 376 g/mol. The second-order valence-electron chi connectivity index (χ2n) is 6.71. The van der Waals surface area contributed by atoms with Gasteiger partial charge in [0.25, 0.3) is 10.2 Å². The fourth-order valence-electron chi connectivity index (χ4n) is 2.81. The van der Waals surface area contributed by atoms with Gasteiger partial charge in [0.1, 0.15) is 0 Å². The zero-order valence-electron chi connectivity index (χ0n) is 15.4. The van der Waals surface area contributed by atoms with Crippen molar-refractivity contribution in [3.8, 4) is 0 Å². The molecule has 0 aromatic heterocycles. The Morgan fingerprint density at radius 1 is 0.962 bits per heavy atom. The Balaban J connectivity index is 2.00. The first kappa shape index (κ1) is 20.6. The van der Waals surface area contributed by atoms with Crippen LogP contribution in [0.5, 0.6) is 0 Å². The number of nitrogens with one attached hydrogen (secondary N) is 1. The molecular formula is C20H28N2O3S. The van der Waals surface area contributed by atoms with Gasteiger partial charge in [-0.25, -0.2) is 0 Å². The lowest BCUT2D eigenvalue weighted by atomic mass is 9.98. The van der Waals surface area contributed by atoms with Crippen LogP contribution in [-0.2, 0) is 23.1 Å². The number of benzene rings is 2. The van der Waals surface area contributed by atoms with Crippen LogP contribution in [-0.4, -0.2) is 44.1 Å². The standard InChI is InChI=1S/C20H28N2O3S/c1-22(2)26(24,25)21-19(15-18-11-7-4-8-12-18)16-20(23)14-13-17-9-5-3-6-10-17/h3-12,19-21,23H,13-16H2,1-2H3. The minimum Gasteiger partial charge on any atom is -0.393 e. The molecule has 2 N–H and O–H groups in total. The summed E-state index contributed by atoms with van der Waals surface area (Å²) >= 11 is 0. The van der Waals surface area contributed by atoms with Crippen LogP contribution in [0.3, 0.4) is 0 Å². The lowest BCUT2D eigenvalue weighted by Gasteiger charge is -2.24. The molecule has 0 radical (unpaired) electrons. The molecule has 0 aliphatic rings. The normalized spacial score (nSPS) is 14.3. The molecule has 0 heterocycles. The van der Waals surface area contributed by atoms with Gasteiger partial charge < -0.3 is 5.11 Å². The van der Waals surface area contributed by atoms with Gasteiger partial charge in [-0.3, -0.25) is 0 Å². The van der Waals surface area contributed by atoms with Crippen LogP contribution in [0.15, 0.2) is 60.7 Å². The van der Waals surface area contributed by atoms with E-state index in [4.69, 9.17) is 0 Å². The number of aliphatic hydroxyl groups is 1. The van der Waals surface area contributed by atoms with Crippen LogP contribution in [0.2, 0.25) is 0 Å². The Kier molecular flexibility index (Phi) is 7.78. The summed E-state index contributed by atoms with van der Waals surface area (Å²) in [7, 11) is -0.570. The van der Waals surface area contributed by atoms with Crippen molar-refractivity contribution >= 4 is 10.2 Å². The van der Waals surface area contributed by atoms with E-state index in [1.165, 1.54) is 19.7 Å². The van der Waals surface area contributed by atoms with E-state index < -0.39 is 16.3 Å². The van der Waals surface area contributed by atoms with Crippen molar-refractivity contribution in [1.82, 2.24) is 9.03 Å². The summed E-state index contributed by atoms with van der Waals surface area (Å²) in [6.07, 6.45) is 1.69. The summed E-state index contributed by atoms with van der Waals surface area (Å²) in [6, 6.07) is 19.3. The second-order valence-corrected chi connectivity index (χ2v) is 8.62. The van der Waals surface area contributed by atoms with Gasteiger partial charge >= 0.3 is 0 Å². The van der Waals surface area contributed by atoms with Crippen molar-refractivity contribution in [2.75, 3.05) is 14.1 Å². The van der Waals surface area contributed by atoms with E-state index in [0.717, 1.165) is 16.3 Å². The van der Waals surface area contributed by atoms with Crippen molar-refractivity contribution in [3.63, 3.8) is 0 Å². The average Bonchev–Trinajstić information content (AvgIpc) is 2.61. The molecule has 0 spiro atoms. The molecule has 2 rings (SSSR count). The summed E-state index contributed by atoms with van der Waals surface area (Å²) in [5, 5.41) is 10.4. The summed E-state index contributed by atoms with van der Waals surface area (Å²) in [4.78, 5) is 0. The van der Waals surface area contributed by atoms with Gasteiger partial charge in [0.2, 0.25) is 0 Å². The fraction of sp³-hybridized carbons (Fsp3) is 0.400. The highest BCUT2D eigenvalue weighted by Crippen LogP contribution is 2.14. The number of hydrogen-bond acceptors (Lipinski definition) is 3.